The lowest BCUT2D eigenvalue weighted by atomic mass is 10.1. The van der Waals surface area contributed by atoms with E-state index in [4.69, 9.17) is 0 Å². The van der Waals surface area contributed by atoms with Crippen molar-refractivity contribution in [2.45, 2.75) is 13.3 Å². The third kappa shape index (κ3) is 3.25. The molecule has 1 amide bonds. The molecule has 0 aromatic carbocycles. The number of sulfone groups is 1. The summed E-state index contributed by atoms with van der Waals surface area (Å²) in [4.78, 5) is 19.7. The average Bonchev–Trinajstić information content (AvgIpc) is 2.67. The topological polar surface area (TPSA) is 89.0 Å². The normalized spacial score (nSPS) is 21.7. The zero-order valence-electron chi connectivity index (χ0n) is 10.1. The molecule has 0 bridgehead atoms. The third-order valence-corrected chi connectivity index (χ3v) is 4.73. The van der Waals surface area contributed by atoms with Gasteiger partial charge < -0.3 is 5.32 Å². The number of nitrogens with zero attached hydrogens (tertiary/aromatic N) is 2. The SMILES string of the molecule is Cc1cnc(C(=O)NC[C@@H]2CCS(=O)(=O)C2)cn1. The number of amides is 1. The summed E-state index contributed by atoms with van der Waals surface area (Å²) in [7, 11) is -2.89. The molecule has 0 unspecified atom stereocenters. The van der Waals surface area contributed by atoms with Gasteiger partial charge in [0.2, 0.25) is 0 Å². The molecule has 0 spiro atoms. The van der Waals surface area contributed by atoms with Crippen molar-refractivity contribution in [1.29, 1.82) is 0 Å². The molecule has 18 heavy (non-hydrogen) atoms. The van der Waals surface area contributed by atoms with E-state index in [0.717, 1.165) is 5.69 Å². The summed E-state index contributed by atoms with van der Waals surface area (Å²) in [5.74, 6) is 0.0780. The van der Waals surface area contributed by atoms with Crippen molar-refractivity contribution >= 4 is 15.7 Å². The highest BCUT2D eigenvalue weighted by Crippen LogP contribution is 2.17. The fourth-order valence-corrected chi connectivity index (χ4v) is 3.73. The highest BCUT2D eigenvalue weighted by Gasteiger charge is 2.28. The van der Waals surface area contributed by atoms with Gasteiger partial charge in [-0.05, 0) is 19.3 Å². The molecule has 0 aliphatic carbocycles. The van der Waals surface area contributed by atoms with E-state index in [1.165, 1.54) is 12.4 Å². The zero-order chi connectivity index (χ0) is 13.2. The minimum absolute atomic E-state index is 0.0114. The van der Waals surface area contributed by atoms with Crippen LogP contribution in [0.25, 0.3) is 0 Å². The number of hydrogen-bond acceptors (Lipinski definition) is 5. The largest absolute Gasteiger partial charge is 0.350 e. The molecule has 98 valence electrons. The molecule has 6 nitrogen and oxygen atoms in total. The predicted molar refractivity (Wildman–Crippen MR) is 65.9 cm³/mol. The van der Waals surface area contributed by atoms with Crippen LogP contribution in [0.15, 0.2) is 12.4 Å². The van der Waals surface area contributed by atoms with Gasteiger partial charge in [-0.25, -0.2) is 13.4 Å². The molecule has 2 heterocycles. The summed E-state index contributed by atoms with van der Waals surface area (Å²) in [5.41, 5.74) is 0.995. The van der Waals surface area contributed by atoms with Crippen molar-refractivity contribution in [2.75, 3.05) is 18.1 Å². The Bertz CT molecular complexity index is 539. The van der Waals surface area contributed by atoms with Gasteiger partial charge in [0.15, 0.2) is 9.84 Å². The maximum absolute atomic E-state index is 11.7. The van der Waals surface area contributed by atoms with Crippen LogP contribution in [0.4, 0.5) is 0 Å². The van der Waals surface area contributed by atoms with Gasteiger partial charge in [0.05, 0.1) is 23.4 Å². The lowest BCUT2D eigenvalue weighted by molar-refractivity contribution is 0.0943. The van der Waals surface area contributed by atoms with Crippen LogP contribution >= 0.6 is 0 Å². The standard InChI is InChI=1S/C11H15N3O3S/c1-8-4-13-10(6-12-8)11(15)14-5-9-2-3-18(16,17)7-9/h4,6,9H,2-3,5,7H2,1H3,(H,14,15)/t9-/m0/s1. The van der Waals surface area contributed by atoms with Crippen molar-refractivity contribution < 1.29 is 13.2 Å². The van der Waals surface area contributed by atoms with Gasteiger partial charge in [0.25, 0.3) is 5.91 Å². The van der Waals surface area contributed by atoms with Crippen LogP contribution in [0.2, 0.25) is 0 Å². The minimum atomic E-state index is -2.89. The number of rotatable bonds is 3. The molecule has 1 fully saturated rings. The second kappa shape index (κ2) is 5.01. The van der Waals surface area contributed by atoms with Crippen LogP contribution in [-0.2, 0) is 9.84 Å². The van der Waals surface area contributed by atoms with Crippen molar-refractivity contribution in [3.63, 3.8) is 0 Å². The molecule has 1 N–H and O–H groups in total. The van der Waals surface area contributed by atoms with Crippen LogP contribution < -0.4 is 5.32 Å². The maximum atomic E-state index is 11.7. The summed E-state index contributed by atoms with van der Waals surface area (Å²) < 4.78 is 22.5. The first-order valence-corrected chi connectivity index (χ1v) is 7.56. The van der Waals surface area contributed by atoms with Crippen LogP contribution in [0, 0.1) is 12.8 Å². The van der Waals surface area contributed by atoms with Crippen molar-refractivity contribution in [3.8, 4) is 0 Å². The molecule has 1 aliphatic heterocycles. The van der Waals surface area contributed by atoms with Crippen LogP contribution in [0.1, 0.15) is 22.6 Å². The second-order valence-electron chi connectivity index (χ2n) is 4.52. The first-order chi connectivity index (χ1) is 8.46. The van der Waals surface area contributed by atoms with Crippen LogP contribution in [-0.4, -0.2) is 42.3 Å². The Hall–Kier alpha value is -1.50. The van der Waals surface area contributed by atoms with Crippen molar-refractivity contribution in [3.05, 3.63) is 23.8 Å². The van der Waals surface area contributed by atoms with E-state index in [-0.39, 0.29) is 29.0 Å². The van der Waals surface area contributed by atoms with E-state index in [1.807, 2.05) is 0 Å². The number of nitrogens with one attached hydrogen (secondary N) is 1. The predicted octanol–water partition coefficient (Wildman–Crippen LogP) is -0.0505. The van der Waals surface area contributed by atoms with Crippen LogP contribution in [0.5, 0.6) is 0 Å². The second-order valence-corrected chi connectivity index (χ2v) is 6.75. The molecule has 1 saturated heterocycles. The monoisotopic (exact) mass is 269 g/mol. The Morgan fingerprint density at radius 1 is 1.44 bits per heavy atom. The number of aromatic nitrogens is 2. The Labute approximate surface area is 106 Å². The molecule has 0 radical (unpaired) electrons. The van der Waals surface area contributed by atoms with E-state index in [9.17, 15) is 13.2 Å². The summed E-state index contributed by atoms with van der Waals surface area (Å²) >= 11 is 0. The molecular formula is C11H15N3O3S. The summed E-state index contributed by atoms with van der Waals surface area (Å²) in [6.45, 7) is 2.16. The van der Waals surface area contributed by atoms with Crippen molar-refractivity contribution in [1.82, 2.24) is 15.3 Å². The Balaban J connectivity index is 1.87. The number of aryl methyl sites for hydroxylation is 1. The van der Waals surface area contributed by atoms with Gasteiger partial charge in [0.1, 0.15) is 5.69 Å². The molecular weight excluding hydrogens is 254 g/mol. The Morgan fingerprint density at radius 3 is 2.78 bits per heavy atom. The first-order valence-electron chi connectivity index (χ1n) is 5.73. The molecule has 7 heteroatoms. The van der Waals surface area contributed by atoms with E-state index < -0.39 is 9.84 Å². The quantitative estimate of drug-likeness (QED) is 0.831. The molecule has 1 atom stereocenters. The van der Waals surface area contributed by atoms with E-state index in [0.29, 0.717) is 13.0 Å². The number of hydrogen-bond donors (Lipinski definition) is 1. The fourth-order valence-electron chi connectivity index (χ4n) is 1.87. The molecule has 1 aromatic rings. The lowest BCUT2D eigenvalue weighted by Gasteiger charge is -2.08. The molecule has 1 aliphatic rings. The smallest absolute Gasteiger partial charge is 0.271 e. The van der Waals surface area contributed by atoms with Gasteiger partial charge in [-0.3, -0.25) is 9.78 Å². The van der Waals surface area contributed by atoms with Gasteiger partial charge >= 0.3 is 0 Å². The fraction of sp³-hybridized carbons (Fsp3) is 0.545. The molecule has 1 aromatic heterocycles. The zero-order valence-corrected chi connectivity index (χ0v) is 10.9. The first kappa shape index (κ1) is 12.9. The third-order valence-electron chi connectivity index (χ3n) is 2.89. The Morgan fingerprint density at radius 2 is 2.22 bits per heavy atom. The summed E-state index contributed by atoms with van der Waals surface area (Å²) in [5, 5.41) is 2.69. The van der Waals surface area contributed by atoms with Crippen molar-refractivity contribution in [2.24, 2.45) is 5.92 Å². The highest BCUT2D eigenvalue weighted by molar-refractivity contribution is 7.91. The summed E-state index contributed by atoms with van der Waals surface area (Å²) in [6.07, 6.45) is 3.55. The number of carbonyl (C=O) groups excluding carboxylic acids is 1. The van der Waals surface area contributed by atoms with E-state index >= 15 is 0 Å². The minimum Gasteiger partial charge on any atom is -0.350 e. The van der Waals surface area contributed by atoms with Gasteiger partial charge in [-0.1, -0.05) is 0 Å². The molecule has 0 saturated carbocycles. The van der Waals surface area contributed by atoms with Crippen LogP contribution in [0.3, 0.4) is 0 Å². The summed E-state index contributed by atoms with van der Waals surface area (Å²) in [6, 6.07) is 0. The van der Waals surface area contributed by atoms with E-state index in [2.05, 4.69) is 15.3 Å². The van der Waals surface area contributed by atoms with Gasteiger partial charge in [-0.2, -0.15) is 0 Å². The number of carbonyl (C=O) groups is 1. The Kier molecular flexibility index (Phi) is 3.60. The average molecular weight is 269 g/mol. The molecule has 2 rings (SSSR count). The maximum Gasteiger partial charge on any atom is 0.271 e. The van der Waals surface area contributed by atoms with Gasteiger partial charge in [-0.15, -0.1) is 0 Å². The highest BCUT2D eigenvalue weighted by atomic mass is 32.2. The lowest BCUT2D eigenvalue weighted by Crippen LogP contribution is -2.30. The van der Waals surface area contributed by atoms with Gasteiger partial charge in [0, 0.05) is 12.7 Å². The van der Waals surface area contributed by atoms with E-state index in [1.54, 1.807) is 6.92 Å².